The predicted octanol–water partition coefficient (Wildman–Crippen LogP) is 3.38. The Morgan fingerprint density at radius 1 is 1.44 bits per heavy atom. The van der Waals surface area contributed by atoms with E-state index in [-0.39, 0.29) is 14.7 Å². The summed E-state index contributed by atoms with van der Waals surface area (Å²) in [5.74, 6) is -0.428. The van der Waals surface area contributed by atoms with Crippen molar-refractivity contribution < 1.29 is 18.0 Å². The molecular weight excluding hydrogens is 334 g/mol. The van der Waals surface area contributed by atoms with Crippen LogP contribution in [0.1, 0.15) is 28.4 Å². The Kier molecular flexibility index (Phi) is 3.57. The number of alkyl halides is 3. The Hall–Kier alpha value is -1.10. The number of hydrogen-bond acceptors (Lipinski definition) is 2. The summed E-state index contributed by atoms with van der Waals surface area (Å²) in [6.07, 6.45) is -4.52. The Balaban J connectivity index is 3.55. The van der Waals surface area contributed by atoms with Gasteiger partial charge in [-0.15, -0.1) is 0 Å². The zero-order valence-electron chi connectivity index (χ0n) is 8.02. The van der Waals surface area contributed by atoms with E-state index in [0.29, 0.717) is 0 Å². The molecule has 0 spiro atoms. The SMILES string of the molecule is CC(=O)c1ccc(C(F)(F)F)c(I)c1C#N. The van der Waals surface area contributed by atoms with Gasteiger partial charge in [-0.3, -0.25) is 4.79 Å². The molecule has 2 nitrogen and oxygen atoms in total. The first-order valence-electron chi connectivity index (χ1n) is 4.09. The fourth-order valence-corrected chi connectivity index (χ4v) is 2.09. The van der Waals surface area contributed by atoms with E-state index in [1.165, 1.54) is 29.5 Å². The Morgan fingerprint density at radius 3 is 2.38 bits per heavy atom. The van der Waals surface area contributed by atoms with Crippen LogP contribution in [-0.4, -0.2) is 5.78 Å². The van der Waals surface area contributed by atoms with Crippen molar-refractivity contribution in [1.29, 1.82) is 5.26 Å². The van der Waals surface area contributed by atoms with Crippen molar-refractivity contribution in [2.24, 2.45) is 0 Å². The summed E-state index contributed by atoms with van der Waals surface area (Å²) >= 11 is 1.43. The number of carbonyl (C=O) groups is 1. The second-order valence-electron chi connectivity index (χ2n) is 3.02. The average Bonchev–Trinajstić information content (AvgIpc) is 2.14. The van der Waals surface area contributed by atoms with Crippen LogP contribution in [0.2, 0.25) is 0 Å². The lowest BCUT2D eigenvalue weighted by Gasteiger charge is -2.11. The summed E-state index contributed by atoms with van der Waals surface area (Å²) in [6.45, 7) is 1.21. The fourth-order valence-electron chi connectivity index (χ4n) is 1.20. The third-order valence-electron chi connectivity index (χ3n) is 1.94. The molecule has 1 aromatic carbocycles. The molecule has 0 saturated carbocycles. The largest absolute Gasteiger partial charge is 0.417 e. The van der Waals surface area contributed by atoms with Crippen LogP contribution in [0.4, 0.5) is 13.2 Å². The van der Waals surface area contributed by atoms with E-state index in [4.69, 9.17) is 5.26 Å². The molecule has 0 radical (unpaired) electrons. The number of nitriles is 1. The number of halogens is 4. The lowest BCUT2D eigenvalue weighted by atomic mass is 10.0. The van der Waals surface area contributed by atoms with Crippen molar-refractivity contribution >= 4 is 28.4 Å². The Labute approximate surface area is 103 Å². The Bertz CT molecular complexity index is 488. The van der Waals surface area contributed by atoms with Gasteiger partial charge in [-0.25, -0.2) is 0 Å². The van der Waals surface area contributed by atoms with Gasteiger partial charge in [0.05, 0.1) is 11.1 Å². The number of ketones is 1. The van der Waals surface area contributed by atoms with Gasteiger partial charge in [-0.1, -0.05) is 0 Å². The van der Waals surface area contributed by atoms with Crippen molar-refractivity contribution in [3.8, 4) is 6.07 Å². The van der Waals surface area contributed by atoms with Gasteiger partial charge >= 0.3 is 6.18 Å². The smallest absolute Gasteiger partial charge is 0.294 e. The van der Waals surface area contributed by atoms with Crippen molar-refractivity contribution in [1.82, 2.24) is 0 Å². The van der Waals surface area contributed by atoms with E-state index in [2.05, 4.69) is 0 Å². The molecule has 0 amide bonds. The monoisotopic (exact) mass is 339 g/mol. The molecule has 0 aliphatic rings. The first kappa shape index (κ1) is 13.0. The number of nitrogens with zero attached hydrogens (tertiary/aromatic N) is 1. The predicted molar refractivity (Wildman–Crippen MR) is 58.9 cm³/mol. The van der Waals surface area contributed by atoms with Crippen LogP contribution in [0.15, 0.2) is 12.1 Å². The van der Waals surface area contributed by atoms with E-state index in [0.717, 1.165) is 12.1 Å². The lowest BCUT2D eigenvalue weighted by Crippen LogP contribution is -2.11. The van der Waals surface area contributed by atoms with Crippen molar-refractivity contribution in [2.45, 2.75) is 13.1 Å². The number of hydrogen-bond donors (Lipinski definition) is 0. The minimum absolute atomic E-state index is 0.0138. The maximum absolute atomic E-state index is 12.5. The van der Waals surface area contributed by atoms with E-state index >= 15 is 0 Å². The summed E-state index contributed by atoms with van der Waals surface area (Å²) in [4.78, 5) is 11.1. The number of rotatable bonds is 1. The van der Waals surface area contributed by atoms with Crippen LogP contribution in [0.25, 0.3) is 0 Å². The van der Waals surface area contributed by atoms with Crippen LogP contribution in [-0.2, 0) is 6.18 Å². The van der Waals surface area contributed by atoms with Gasteiger partial charge in [0.15, 0.2) is 5.78 Å². The normalized spacial score (nSPS) is 11.0. The quantitative estimate of drug-likeness (QED) is 0.581. The zero-order chi connectivity index (χ0) is 12.5. The first-order chi connectivity index (χ1) is 7.29. The Morgan fingerprint density at radius 2 is 2.00 bits per heavy atom. The van der Waals surface area contributed by atoms with E-state index in [1.54, 1.807) is 6.07 Å². The van der Waals surface area contributed by atoms with Crippen molar-refractivity contribution in [3.63, 3.8) is 0 Å². The van der Waals surface area contributed by atoms with Gasteiger partial charge in [-0.05, 0) is 41.6 Å². The standard InChI is InChI=1S/C10H5F3INO/c1-5(16)6-2-3-8(10(11,12)13)9(14)7(6)4-15/h2-3H,1H3. The minimum atomic E-state index is -4.52. The summed E-state index contributed by atoms with van der Waals surface area (Å²) in [5, 5.41) is 8.76. The molecular formula is C10H5F3INO. The third-order valence-corrected chi connectivity index (χ3v) is 3.06. The highest BCUT2D eigenvalue weighted by molar-refractivity contribution is 14.1. The van der Waals surface area contributed by atoms with E-state index in [1.807, 2.05) is 0 Å². The van der Waals surface area contributed by atoms with Gasteiger partial charge in [0.25, 0.3) is 0 Å². The molecule has 1 aromatic rings. The van der Waals surface area contributed by atoms with Crippen LogP contribution in [0.5, 0.6) is 0 Å². The van der Waals surface area contributed by atoms with Crippen molar-refractivity contribution in [3.05, 3.63) is 32.4 Å². The molecule has 0 aliphatic heterocycles. The molecule has 0 heterocycles. The van der Waals surface area contributed by atoms with Gasteiger partial charge in [0.1, 0.15) is 6.07 Å². The molecule has 0 atom stereocenters. The molecule has 0 fully saturated rings. The lowest BCUT2D eigenvalue weighted by molar-refractivity contribution is -0.138. The summed E-state index contributed by atoms with van der Waals surface area (Å²) in [5.41, 5.74) is -1.10. The van der Waals surface area contributed by atoms with Crippen LogP contribution >= 0.6 is 22.6 Å². The van der Waals surface area contributed by atoms with Crippen LogP contribution in [0, 0.1) is 14.9 Å². The van der Waals surface area contributed by atoms with Gasteiger partial charge in [0.2, 0.25) is 0 Å². The van der Waals surface area contributed by atoms with Crippen LogP contribution < -0.4 is 0 Å². The highest BCUT2D eigenvalue weighted by atomic mass is 127. The second kappa shape index (κ2) is 4.41. The molecule has 0 saturated heterocycles. The summed E-state index contributed by atoms with van der Waals surface area (Å²) in [6, 6.07) is 3.48. The molecule has 6 heteroatoms. The highest BCUT2D eigenvalue weighted by Gasteiger charge is 2.34. The molecule has 1 rings (SSSR count). The van der Waals surface area contributed by atoms with Crippen molar-refractivity contribution in [2.75, 3.05) is 0 Å². The van der Waals surface area contributed by atoms with Gasteiger partial charge in [-0.2, -0.15) is 18.4 Å². The molecule has 0 unspecified atom stereocenters. The fraction of sp³-hybridized carbons (Fsp3) is 0.200. The zero-order valence-corrected chi connectivity index (χ0v) is 10.2. The van der Waals surface area contributed by atoms with E-state index in [9.17, 15) is 18.0 Å². The molecule has 0 N–H and O–H groups in total. The van der Waals surface area contributed by atoms with E-state index < -0.39 is 17.5 Å². The molecule has 0 aliphatic carbocycles. The third kappa shape index (κ3) is 2.35. The number of benzene rings is 1. The second-order valence-corrected chi connectivity index (χ2v) is 4.09. The molecule has 0 bridgehead atoms. The van der Waals surface area contributed by atoms with Gasteiger partial charge < -0.3 is 0 Å². The molecule has 16 heavy (non-hydrogen) atoms. The summed E-state index contributed by atoms with van der Waals surface area (Å²) < 4.78 is 37.3. The minimum Gasteiger partial charge on any atom is -0.294 e. The van der Waals surface area contributed by atoms with Gasteiger partial charge in [0, 0.05) is 9.13 Å². The maximum atomic E-state index is 12.5. The van der Waals surface area contributed by atoms with Crippen LogP contribution in [0.3, 0.4) is 0 Å². The average molecular weight is 339 g/mol. The molecule has 0 aromatic heterocycles. The number of carbonyl (C=O) groups excluding carboxylic acids is 1. The first-order valence-corrected chi connectivity index (χ1v) is 5.17. The highest BCUT2D eigenvalue weighted by Crippen LogP contribution is 2.35. The maximum Gasteiger partial charge on any atom is 0.417 e. The molecule has 84 valence electrons. The number of Topliss-reactive ketones (excluding diaryl/α,β-unsaturated/α-hetero) is 1. The topological polar surface area (TPSA) is 40.9 Å². The summed E-state index contributed by atoms with van der Waals surface area (Å²) in [7, 11) is 0.